The van der Waals surface area contributed by atoms with Crippen LogP contribution in [0.4, 0.5) is 0 Å². The van der Waals surface area contributed by atoms with E-state index in [-0.39, 0.29) is 5.92 Å². The van der Waals surface area contributed by atoms with E-state index in [0.29, 0.717) is 6.54 Å². The summed E-state index contributed by atoms with van der Waals surface area (Å²) in [6.45, 7) is 2.41. The van der Waals surface area contributed by atoms with E-state index in [1.54, 1.807) is 12.4 Å². The van der Waals surface area contributed by atoms with Crippen LogP contribution in [0.3, 0.4) is 0 Å². The molecule has 2 aromatic rings. The molecule has 0 spiro atoms. The molecule has 2 heterocycles. The molecule has 0 aliphatic rings. The van der Waals surface area contributed by atoms with Gasteiger partial charge in [0.2, 0.25) is 0 Å². The molecule has 1 atom stereocenters. The van der Waals surface area contributed by atoms with Crippen molar-refractivity contribution < 1.29 is 0 Å². The highest BCUT2D eigenvalue weighted by atomic mass is 14.8. The van der Waals surface area contributed by atoms with Gasteiger partial charge in [0.25, 0.3) is 0 Å². The summed E-state index contributed by atoms with van der Waals surface area (Å²) in [6, 6.07) is 3.94. The summed E-state index contributed by atoms with van der Waals surface area (Å²) in [5.41, 5.74) is 7.98. The number of hydrogen-bond acceptors (Lipinski definition) is 4. The van der Waals surface area contributed by atoms with Crippen LogP contribution in [0.5, 0.6) is 0 Å². The van der Waals surface area contributed by atoms with Crippen molar-refractivity contribution in [3.05, 3.63) is 53.9 Å². The third-order valence-electron chi connectivity index (χ3n) is 2.55. The van der Waals surface area contributed by atoms with Crippen molar-refractivity contribution in [1.82, 2.24) is 15.0 Å². The summed E-state index contributed by atoms with van der Waals surface area (Å²) < 4.78 is 0. The lowest BCUT2D eigenvalue weighted by Gasteiger charge is -2.14. The molecule has 0 radical (unpaired) electrons. The fourth-order valence-corrected chi connectivity index (χ4v) is 1.64. The first kappa shape index (κ1) is 10.7. The molecule has 0 saturated carbocycles. The summed E-state index contributed by atoms with van der Waals surface area (Å²) in [7, 11) is 0. The lowest BCUT2D eigenvalue weighted by Crippen LogP contribution is -2.14. The number of rotatable bonds is 3. The van der Waals surface area contributed by atoms with Gasteiger partial charge in [-0.05, 0) is 30.2 Å². The molecular weight excluding hydrogens is 200 g/mol. The van der Waals surface area contributed by atoms with Crippen molar-refractivity contribution in [2.24, 2.45) is 5.73 Å². The second-order valence-electron chi connectivity index (χ2n) is 3.63. The van der Waals surface area contributed by atoms with Gasteiger partial charge in [-0.1, -0.05) is 0 Å². The molecular formula is C12H14N4. The smallest absolute Gasteiger partial charge is 0.125 e. The maximum Gasteiger partial charge on any atom is 0.125 e. The fraction of sp³-hybridized carbons (Fsp3) is 0.250. The van der Waals surface area contributed by atoms with Gasteiger partial charge in [-0.25, -0.2) is 9.97 Å². The molecule has 0 aliphatic heterocycles. The topological polar surface area (TPSA) is 64.7 Å². The van der Waals surface area contributed by atoms with E-state index in [2.05, 4.69) is 15.0 Å². The zero-order valence-electron chi connectivity index (χ0n) is 9.17. The first-order chi connectivity index (χ1) is 7.81. The molecule has 0 aliphatic carbocycles. The van der Waals surface area contributed by atoms with E-state index < -0.39 is 0 Å². The lowest BCUT2D eigenvalue weighted by atomic mass is 9.94. The number of nitrogens with two attached hydrogens (primary N) is 1. The number of pyridine rings is 1. The molecule has 0 bridgehead atoms. The minimum atomic E-state index is 0.142. The Balaban J connectivity index is 2.33. The number of aromatic nitrogens is 3. The van der Waals surface area contributed by atoms with Gasteiger partial charge in [0.05, 0.1) is 0 Å². The van der Waals surface area contributed by atoms with Crippen LogP contribution in [-0.4, -0.2) is 21.5 Å². The Morgan fingerprint density at radius 1 is 1.12 bits per heavy atom. The van der Waals surface area contributed by atoms with Crippen LogP contribution in [0.2, 0.25) is 0 Å². The minimum absolute atomic E-state index is 0.142. The maximum absolute atomic E-state index is 5.80. The second kappa shape index (κ2) is 4.81. The van der Waals surface area contributed by atoms with Crippen molar-refractivity contribution in [2.45, 2.75) is 12.8 Å². The molecule has 0 aromatic carbocycles. The summed E-state index contributed by atoms with van der Waals surface area (Å²) in [4.78, 5) is 12.4. The summed E-state index contributed by atoms with van der Waals surface area (Å²) in [5.74, 6) is 0.915. The van der Waals surface area contributed by atoms with Gasteiger partial charge in [-0.15, -0.1) is 0 Å². The predicted octanol–water partition coefficient (Wildman–Crippen LogP) is 1.27. The second-order valence-corrected chi connectivity index (χ2v) is 3.63. The molecule has 2 N–H and O–H groups in total. The molecule has 4 heteroatoms. The number of aryl methyl sites for hydroxylation is 1. The van der Waals surface area contributed by atoms with Gasteiger partial charge in [0.15, 0.2) is 0 Å². The number of nitrogens with zero attached hydrogens (tertiary/aromatic N) is 3. The highest BCUT2D eigenvalue weighted by Crippen LogP contribution is 2.21. The molecule has 82 valence electrons. The Morgan fingerprint density at radius 2 is 1.75 bits per heavy atom. The molecule has 2 aromatic heterocycles. The quantitative estimate of drug-likeness (QED) is 0.835. The van der Waals surface area contributed by atoms with Gasteiger partial charge >= 0.3 is 0 Å². The summed E-state index contributed by atoms with van der Waals surface area (Å²) in [6.07, 6.45) is 7.21. The predicted molar refractivity (Wildman–Crippen MR) is 61.9 cm³/mol. The first-order valence-corrected chi connectivity index (χ1v) is 5.20. The Hall–Kier alpha value is -1.81. The average Bonchev–Trinajstić information content (AvgIpc) is 2.34. The third kappa shape index (κ3) is 2.23. The van der Waals surface area contributed by atoms with E-state index in [9.17, 15) is 0 Å². The Bertz CT molecular complexity index is 438. The zero-order valence-corrected chi connectivity index (χ0v) is 9.17. The fourth-order valence-electron chi connectivity index (χ4n) is 1.64. The molecule has 0 fully saturated rings. The van der Waals surface area contributed by atoms with Crippen LogP contribution in [0, 0.1) is 6.92 Å². The Morgan fingerprint density at radius 3 is 2.31 bits per heavy atom. The highest BCUT2D eigenvalue weighted by molar-refractivity contribution is 5.28. The molecule has 0 saturated heterocycles. The maximum atomic E-state index is 5.80. The van der Waals surface area contributed by atoms with E-state index in [1.165, 1.54) is 0 Å². The van der Waals surface area contributed by atoms with Gasteiger partial charge in [0.1, 0.15) is 5.82 Å². The molecule has 0 unspecified atom stereocenters. The summed E-state index contributed by atoms with van der Waals surface area (Å²) in [5, 5.41) is 0. The van der Waals surface area contributed by atoms with Crippen molar-refractivity contribution in [3.63, 3.8) is 0 Å². The minimum Gasteiger partial charge on any atom is -0.330 e. The monoisotopic (exact) mass is 214 g/mol. The SMILES string of the molecule is Cc1ncc([C@@H](CN)c2ccncc2)cn1. The normalized spacial score (nSPS) is 12.4. The van der Waals surface area contributed by atoms with Gasteiger partial charge in [-0.2, -0.15) is 0 Å². The van der Waals surface area contributed by atoms with Crippen molar-refractivity contribution >= 4 is 0 Å². The highest BCUT2D eigenvalue weighted by Gasteiger charge is 2.12. The largest absolute Gasteiger partial charge is 0.330 e. The Labute approximate surface area is 94.6 Å². The Kier molecular flexibility index (Phi) is 3.22. The number of hydrogen-bond donors (Lipinski definition) is 1. The molecule has 4 nitrogen and oxygen atoms in total. The van der Waals surface area contributed by atoms with Crippen LogP contribution in [0.25, 0.3) is 0 Å². The van der Waals surface area contributed by atoms with Crippen LogP contribution in [0.1, 0.15) is 22.9 Å². The molecule has 0 amide bonds. The van der Waals surface area contributed by atoms with Crippen LogP contribution >= 0.6 is 0 Å². The summed E-state index contributed by atoms with van der Waals surface area (Å²) >= 11 is 0. The van der Waals surface area contributed by atoms with Gasteiger partial charge < -0.3 is 5.73 Å². The lowest BCUT2D eigenvalue weighted by molar-refractivity contribution is 0.798. The van der Waals surface area contributed by atoms with E-state index in [0.717, 1.165) is 17.0 Å². The average molecular weight is 214 g/mol. The molecule has 16 heavy (non-hydrogen) atoms. The van der Waals surface area contributed by atoms with E-state index in [4.69, 9.17) is 5.73 Å². The van der Waals surface area contributed by atoms with Crippen LogP contribution in [0.15, 0.2) is 36.9 Å². The van der Waals surface area contributed by atoms with Gasteiger partial charge in [-0.3, -0.25) is 4.98 Å². The van der Waals surface area contributed by atoms with Crippen molar-refractivity contribution in [2.75, 3.05) is 6.54 Å². The molecule has 2 rings (SSSR count). The van der Waals surface area contributed by atoms with Crippen LogP contribution in [-0.2, 0) is 0 Å². The van der Waals surface area contributed by atoms with Crippen LogP contribution < -0.4 is 5.73 Å². The van der Waals surface area contributed by atoms with Gasteiger partial charge in [0, 0.05) is 37.3 Å². The van der Waals surface area contributed by atoms with Crippen molar-refractivity contribution in [3.8, 4) is 0 Å². The van der Waals surface area contributed by atoms with E-state index >= 15 is 0 Å². The zero-order chi connectivity index (χ0) is 11.4. The third-order valence-corrected chi connectivity index (χ3v) is 2.55. The van der Waals surface area contributed by atoms with E-state index in [1.807, 2.05) is 31.5 Å². The standard InChI is InChI=1S/C12H14N4/c1-9-15-7-11(8-16-9)12(6-13)10-2-4-14-5-3-10/h2-5,7-8,12H,6,13H2,1H3/t12-/m0/s1. The van der Waals surface area contributed by atoms with Crippen molar-refractivity contribution in [1.29, 1.82) is 0 Å². The first-order valence-electron chi connectivity index (χ1n) is 5.20.